The topological polar surface area (TPSA) is 84.1 Å². The fourth-order valence-electron chi connectivity index (χ4n) is 2.41. The van der Waals surface area contributed by atoms with Crippen LogP contribution in [0.3, 0.4) is 0 Å². The summed E-state index contributed by atoms with van der Waals surface area (Å²) >= 11 is 0. The van der Waals surface area contributed by atoms with Crippen molar-refractivity contribution in [2.24, 2.45) is 17.3 Å². The molecular weight excluding hydrogens is 314 g/mol. The number of pyridine rings is 1. The molecule has 0 amide bonds. The van der Waals surface area contributed by atoms with Crippen molar-refractivity contribution < 1.29 is 0 Å². The summed E-state index contributed by atoms with van der Waals surface area (Å²) in [5, 5.41) is 8.51. The number of aromatic amines is 1. The summed E-state index contributed by atoms with van der Waals surface area (Å²) in [6, 6.07) is 15.6. The number of hydrogen-bond acceptors (Lipinski definition) is 5. The molecule has 0 unspecified atom stereocenters. The van der Waals surface area contributed by atoms with E-state index in [2.05, 4.69) is 30.2 Å². The lowest BCUT2D eigenvalue weighted by atomic mass is 10.1. The molecule has 0 aliphatic heterocycles. The third-order valence-electron chi connectivity index (χ3n) is 3.68. The Kier molecular flexibility index (Phi) is 3.88. The maximum absolute atomic E-state index is 4.57. The average molecular weight is 329 g/mol. The molecule has 25 heavy (non-hydrogen) atoms. The van der Waals surface area contributed by atoms with Gasteiger partial charge in [-0.05, 0) is 12.1 Å². The molecule has 122 valence electrons. The van der Waals surface area contributed by atoms with Crippen LogP contribution in [0.25, 0.3) is 22.8 Å². The van der Waals surface area contributed by atoms with Gasteiger partial charge in [-0.25, -0.2) is 9.97 Å². The van der Waals surface area contributed by atoms with Crippen LogP contribution in [0.5, 0.6) is 0 Å². The van der Waals surface area contributed by atoms with E-state index in [1.807, 2.05) is 61.8 Å². The van der Waals surface area contributed by atoms with E-state index in [4.69, 9.17) is 0 Å². The smallest absolute Gasteiger partial charge is 0.249 e. The summed E-state index contributed by atoms with van der Waals surface area (Å²) in [5.41, 5.74) is 2.52. The zero-order valence-electron chi connectivity index (χ0n) is 13.5. The second-order valence-corrected chi connectivity index (χ2v) is 5.40. The van der Waals surface area contributed by atoms with Gasteiger partial charge in [0, 0.05) is 31.2 Å². The number of hydrogen-bond donors (Lipinski definition) is 1. The highest BCUT2D eigenvalue weighted by Gasteiger charge is 2.14. The minimum atomic E-state index is 0.495. The number of aryl methyl sites for hydroxylation is 1. The number of imidazole rings is 2. The van der Waals surface area contributed by atoms with Gasteiger partial charge in [-0.1, -0.05) is 36.4 Å². The van der Waals surface area contributed by atoms with E-state index in [1.165, 1.54) is 0 Å². The molecule has 1 aromatic carbocycles. The normalized spacial score (nSPS) is 11.2. The van der Waals surface area contributed by atoms with Crippen molar-refractivity contribution in [1.82, 2.24) is 24.5 Å². The quantitative estimate of drug-likeness (QED) is 0.567. The SMILES string of the molecule is Cn1ccnc1N=Nc1nc(-c2ccccn2)[nH]c1-c1ccccc1. The van der Waals surface area contributed by atoms with E-state index >= 15 is 0 Å². The van der Waals surface area contributed by atoms with Crippen molar-refractivity contribution in [1.29, 1.82) is 0 Å². The second kappa shape index (κ2) is 6.48. The Balaban J connectivity index is 1.80. The van der Waals surface area contributed by atoms with Gasteiger partial charge in [0.15, 0.2) is 5.82 Å². The van der Waals surface area contributed by atoms with Gasteiger partial charge in [-0.3, -0.25) is 4.98 Å². The Morgan fingerprint density at radius 3 is 2.48 bits per heavy atom. The summed E-state index contributed by atoms with van der Waals surface area (Å²) in [7, 11) is 1.86. The molecule has 7 nitrogen and oxygen atoms in total. The van der Waals surface area contributed by atoms with Crippen LogP contribution in [0.15, 0.2) is 77.3 Å². The third-order valence-corrected chi connectivity index (χ3v) is 3.68. The molecule has 0 saturated heterocycles. The van der Waals surface area contributed by atoms with E-state index in [9.17, 15) is 0 Å². The van der Waals surface area contributed by atoms with Crippen LogP contribution in [0, 0.1) is 0 Å². The predicted molar refractivity (Wildman–Crippen MR) is 94.6 cm³/mol. The molecule has 1 N–H and O–H groups in total. The highest BCUT2D eigenvalue weighted by molar-refractivity contribution is 5.73. The second-order valence-electron chi connectivity index (χ2n) is 5.40. The number of rotatable bonds is 4. The summed E-state index contributed by atoms with van der Waals surface area (Å²) in [6.07, 6.45) is 5.22. The first-order chi connectivity index (χ1) is 12.3. The number of azo groups is 1. The maximum Gasteiger partial charge on any atom is 0.249 e. The molecule has 7 heteroatoms. The lowest BCUT2D eigenvalue weighted by Crippen LogP contribution is -1.84. The van der Waals surface area contributed by atoms with Crippen LogP contribution in [-0.2, 0) is 7.05 Å². The highest BCUT2D eigenvalue weighted by Crippen LogP contribution is 2.31. The largest absolute Gasteiger partial charge is 0.335 e. The minimum absolute atomic E-state index is 0.495. The van der Waals surface area contributed by atoms with Crippen LogP contribution in [0.4, 0.5) is 11.8 Å². The zero-order chi connectivity index (χ0) is 17.1. The Bertz CT molecular complexity index is 1000. The summed E-state index contributed by atoms with van der Waals surface area (Å²) in [6.45, 7) is 0. The van der Waals surface area contributed by atoms with E-state index in [0.29, 0.717) is 17.6 Å². The van der Waals surface area contributed by atoms with E-state index < -0.39 is 0 Å². The van der Waals surface area contributed by atoms with Crippen molar-refractivity contribution in [2.75, 3.05) is 0 Å². The number of nitrogens with one attached hydrogen (secondary N) is 1. The van der Waals surface area contributed by atoms with Gasteiger partial charge in [0.25, 0.3) is 0 Å². The standard InChI is InChI=1S/C18H15N7/c1-25-12-11-20-18(25)24-23-17-15(13-7-3-2-4-8-13)21-16(22-17)14-9-5-6-10-19-14/h2-12H,1H3,(H,21,22). The van der Waals surface area contributed by atoms with Gasteiger partial charge in [0.05, 0.1) is 5.69 Å². The van der Waals surface area contributed by atoms with Gasteiger partial charge < -0.3 is 9.55 Å². The summed E-state index contributed by atoms with van der Waals surface area (Å²) < 4.78 is 1.79. The maximum atomic E-state index is 4.57. The van der Waals surface area contributed by atoms with Gasteiger partial charge in [-0.15, -0.1) is 10.2 Å². The number of H-pyrrole nitrogens is 1. The Morgan fingerprint density at radius 1 is 0.920 bits per heavy atom. The molecular formula is C18H15N7. The molecule has 0 spiro atoms. The molecule has 4 rings (SSSR count). The van der Waals surface area contributed by atoms with Gasteiger partial charge >= 0.3 is 0 Å². The number of nitrogens with zero attached hydrogens (tertiary/aromatic N) is 6. The van der Waals surface area contributed by atoms with Crippen LogP contribution in [-0.4, -0.2) is 24.5 Å². The molecule has 0 saturated carbocycles. The van der Waals surface area contributed by atoms with Gasteiger partial charge in [-0.2, -0.15) is 0 Å². The van der Waals surface area contributed by atoms with Crippen molar-refractivity contribution in [3.63, 3.8) is 0 Å². The first-order valence-corrected chi connectivity index (χ1v) is 7.77. The third kappa shape index (κ3) is 3.07. The van der Waals surface area contributed by atoms with E-state index in [-0.39, 0.29) is 0 Å². The van der Waals surface area contributed by atoms with Crippen molar-refractivity contribution in [3.05, 3.63) is 67.1 Å². The Hall–Kier alpha value is -3.61. The molecule has 3 heterocycles. The molecule has 0 fully saturated rings. The number of benzene rings is 1. The molecule has 3 aromatic heterocycles. The van der Waals surface area contributed by atoms with Crippen LogP contribution in [0.1, 0.15) is 0 Å². The van der Waals surface area contributed by atoms with Crippen LogP contribution >= 0.6 is 0 Å². The monoisotopic (exact) mass is 329 g/mol. The summed E-state index contributed by atoms with van der Waals surface area (Å²) in [5.74, 6) is 1.66. The fourth-order valence-corrected chi connectivity index (χ4v) is 2.41. The summed E-state index contributed by atoms with van der Waals surface area (Å²) in [4.78, 5) is 16.4. The lowest BCUT2D eigenvalue weighted by Gasteiger charge is -1.98. The van der Waals surface area contributed by atoms with Crippen molar-refractivity contribution in [3.8, 4) is 22.8 Å². The fraction of sp³-hybridized carbons (Fsp3) is 0.0556. The Morgan fingerprint density at radius 2 is 1.76 bits per heavy atom. The predicted octanol–water partition coefficient (Wildman–Crippen LogP) is 4.29. The van der Waals surface area contributed by atoms with Crippen LogP contribution < -0.4 is 0 Å². The number of aromatic nitrogens is 5. The molecule has 4 aromatic rings. The molecule has 0 radical (unpaired) electrons. The first-order valence-electron chi connectivity index (χ1n) is 7.77. The molecule has 0 aliphatic carbocycles. The van der Waals surface area contributed by atoms with Crippen LogP contribution in [0.2, 0.25) is 0 Å². The van der Waals surface area contributed by atoms with E-state index in [0.717, 1.165) is 17.0 Å². The van der Waals surface area contributed by atoms with E-state index in [1.54, 1.807) is 17.0 Å². The molecule has 0 aliphatic rings. The van der Waals surface area contributed by atoms with Crippen molar-refractivity contribution >= 4 is 11.8 Å². The minimum Gasteiger partial charge on any atom is -0.335 e. The Labute approximate surface area is 144 Å². The highest BCUT2D eigenvalue weighted by atomic mass is 15.3. The lowest BCUT2D eigenvalue weighted by molar-refractivity contribution is 0.891. The zero-order valence-corrected chi connectivity index (χ0v) is 13.5. The molecule has 0 bridgehead atoms. The molecule has 0 atom stereocenters. The van der Waals surface area contributed by atoms with Gasteiger partial charge in [0.2, 0.25) is 11.8 Å². The van der Waals surface area contributed by atoms with Crippen molar-refractivity contribution in [2.45, 2.75) is 0 Å². The average Bonchev–Trinajstić information content (AvgIpc) is 3.27. The van der Waals surface area contributed by atoms with Gasteiger partial charge in [0.1, 0.15) is 5.69 Å². The first kappa shape index (κ1) is 14.9.